The molecule has 1 aromatic carbocycles. The molecule has 3 aromatic rings. The molecule has 1 aliphatic carbocycles. The number of hydrogen-bond donors (Lipinski definition) is 1. The van der Waals surface area contributed by atoms with E-state index >= 15 is 0 Å². The summed E-state index contributed by atoms with van der Waals surface area (Å²) in [4.78, 5) is 16.1. The van der Waals surface area contributed by atoms with Crippen molar-refractivity contribution >= 4 is 11.6 Å². The van der Waals surface area contributed by atoms with Crippen LogP contribution in [0.5, 0.6) is 0 Å². The fourth-order valence-corrected chi connectivity index (χ4v) is 2.48. The summed E-state index contributed by atoms with van der Waals surface area (Å²) in [5.41, 5.74) is 3.23. The van der Waals surface area contributed by atoms with Gasteiger partial charge < -0.3 is 5.11 Å². The molecule has 0 unspecified atom stereocenters. The second kappa shape index (κ2) is 4.41. The SMILES string of the molecule is O=C(O)c1cc(-c2ccccc2)nc2cc(C3CC3)nn12. The fourth-order valence-electron chi connectivity index (χ4n) is 2.48. The Morgan fingerprint density at radius 3 is 2.62 bits per heavy atom. The predicted molar refractivity (Wildman–Crippen MR) is 77.4 cm³/mol. The van der Waals surface area contributed by atoms with Crippen molar-refractivity contribution in [2.75, 3.05) is 0 Å². The third-order valence-electron chi connectivity index (χ3n) is 3.73. The van der Waals surface area contributed by atoms with Crippen LogP contribution in [0.3, 0.4) is 0 Å². The van der Waals surface area contributed by atoms with E-state index in [4.69, 9.17) is 0 Å². The summed E-state index contributed by atoms with van der Waals surface area (Å²) >= 11 is 0. The Kier molecular flexibility index (Phi) is 2.54. The first-order valence-electron chi connectivity index (χ1n) is 6.92. The molecule has 104 valence electrons. The quantitative estimate of drug-likeness (QED) is 0.800. The summed E-state index contributed by atoms with van der Waals surface area (Å²) in [5, 5.41) is 13.8. The van der Waals surface area contributed by atoms with Gasteiger partial charge in [0.25, 0.3) is 0 Å². The fraction of sp³-hybridized carbons (Fsp3) is 0.188. The first kappa shape index (κ1) is 12.1. The Morgan fingerprint density at radius 2 is 1.95 bits per heavy atom. The van der Waals surface area contributed by atoms with Crippen LogP contribution in [-0.4, -0.2) is 25.7 Å². The first-order valence-corrected chi connectivity index (χ1v) is 6.92. The van der Waals surface area contributed by atoms with Crippen LogP contribution in [0.4, 0.5) is 0 Å². The minimum atomic E-state index is -0.995. The van der Waals surface area contributed by atoms with Crippen molar-refractivity contribution in [2.45, 2.75) is 18.8 Å². The van der Waals surface area contributed by atoms with Gasteiger partial charge >= 0.3 is 5.97 Å². The maximum atomic E-state index is 11.5. The Hall–Kier alpha value is -2.69. The van der Waals surface area contributed by atoms with Crippen molar-refractivity contribution in [3.8, 4) is 11.3 Å². The van der Waals surface area contributed by atoms with Gasteiger partial charge in [0.1, 0.15) is 0 Å². The topological polar surface area (TPSA) is 67.5 Å². The van der Waals surface area contributed by atoms with Gasteiger partial charge in [-0.05, 0) is 18.9 Å². The highest BCUT2D eigenvalue weighted by Crippen LogP contribution is 2.39. The lowest BCUT2D eigenvalue weighted by Crippen LogP contribution is -2.08. The van der Waals surface area contributed by atoms with E-state index in [1.54, 1.807) is 6.07 Å². The van der Waals surface area contributed by atoms with Crippen LogP contribution in [0.1, 0.15) is 34.9 Å². The molecule has 4 rings (SSSR count). The molecule has 0 saturated heterocycles. The molecule has 0 bridgehead atoms. The van der Waals surface area contributed by atoms with Gasteiger partial charge in [-0.15, -0.1) is 0 Å². The molecule has 1 fully saturated rings. The number of rotatable bonds is 3. The second-order valence-electron chi connectivity index (χ2n) is 5.31. The molecular formula is C16H13N3O2. The first-order chi connectivity index (χ1) is 10.2. The van der Waals surface area contributed by atoms with Crippen molar-refractivity contribution in [2.24, 2.45) is 0 Å². The second-order valence-corrected chi connectivity index (χ2v) is 5.31. The van der Waals surface area contributed by atoms with Crippen LogP contribution in [0.25, 0.3) is 16.9 Å². The van der Waals surface area contributed by atoms with E-state index < -0.39 is 5.97 Å². The van der Waals surface area contributed by atoms with Crippen LogP contribution >= 0.6 is 0 Å². The molecule has 0 radical (unpaired) electrons. The van der Waals surface area contributed by atoms with Crippen LogP contribution in [0, 0.1) is 0 Å². The molecule has 1 N–H and O–H groups in total. The average molecular weight is 279 g/mol. The number of aromatic carboxylic acids is 1. The maximum absolute atomic E-state index is 11.5. The minimum Gasteiger partial charge on any atom is -0.477 e. The number of nitrogens with zero attached hydrogens (tertiary/aromatic N) is 3. The van der Waals surface area contributed by atoms with E-state index in [1.165, 1.54) is 4.52 Å². The van der Waals surface area contributed by atoms with Gasteiger partial charge in [-0.1, -0.05) is 30.3 Å². The van der Waals surface area contributed by atoms with Crippen molar-refractivity contribution in [1.29, 1.82) is 0 Å². The van der Waals surface area contributed by atoms with E-state index in [0.29, 0.717) is 17.3 Å². The highest BCUT2D eigenvalue weighted by molar-refractivity contribution is 5.88. The number of carbonyl (C=O) groups is 1. The monoisotopic (exact) mass is 279 g/mol. The van der Waals surface area contributed by atoms with Crippen LogP contribution in [0.2, 0.25) is 0 Å². The number of aromatic nitrogens is 3. The summed E-state index contributed by atoms with van der Waals surface area (Å²) in [6.07, 6.45) is 2.25. The van der Waals surface area contributed by atoms with Crippen LogP contribution in [0.15, 0.2) is 42.5 Å². The molecule has 2 aromatic heterocycles. The van der Waals surface area contributed by atoms with Gasteiger partial charge in [-0.25, -0.2) is 14.3 Å². The molecule has 1 saturated carbocycles. The lowest BCUT2D eigenvalue weighted by molar-refractivity contribution is 0.0687. The number of carboxylic acids is 1. The molecule has 0 aliphatic heterocycles. The third-order valence-corrected chi connectivity index (χ3v) is 3.73. The number of hydrogen-bond acceptors (Lipinski definition) is 3. The molecule has 21 heavy (non-hydrogen) atoms. The zero-order valence-corrected chi connectivity index (χ0v) is 11.2. The molecule has 5 heteroatoms. The van der Waals surface area contributed by atoms with E-state index in [2.05, 4.69) is 10.1 Å². The van der Waals surface area contributed by atoms with Gasteiger partial charge in [-0.2, -0.15) is 5.10 Å². The van der Waals surface area contributed by atoms with Gasteiger partial charge in [0.05, 0.1) is 11.4 Å². The van der Waals surface area contributed by atoms with Crippen molar-refractivity contribution in [1.82, 2.24) is 14.6 Å². The molecule has 0 atom stereocenters. The lowest BCUT2D eigenvalue weighted by Gasteiger charge is -2.04. The molecule has 5 nitrogen and oxygen atoms in total. The van der Waals surface area contributed by atoms with Gasteiger partial charge in [-0.3, -0.25) is 0 Å². The molecule has 2 heterocycles. The summed E-state index contributed by atoms with van der Waals surface area (Å²) < 4.78 is 1.43. The van der Waals surface area contributed by atoms with Crippen molar-refractivity contribution < 1.29 is 9.90 Å². The normalized spacial score (nSPS) is 14.5. The molecular weight excluding hydrogens is 266 g/mol. The Morgan fingerprint density at radius 1 is 1.19 bits per heavy atom. The Balaban J connectivity index is 1.95. The molecule has 1 aliphatic rings. The van der Waals surface area contributed by atoms with Crippen LogP contribution < -0.4 is 0 Å². The summed E-state index contributed by atoms with van der Waals surface area (Å²) in [6, 6.07) is 13.1. The Labute approximate surface area is 120 Å². The summed E-state index contributed by atoms with van der Waals surface area (Å²) in [5.74, 6) is -0.529. The van der Waals surface area contributed by atoms with Gasteiger partial charge in [0.15, 0.2) is 11.3 Å². The van der Waals surface area contributed by atoms with E-state index in [1.807, 2.05) is 36.4 Å². The van der Waals surface area contributed by atoms with E-state index in [9.17, 15) is 9.90 Å². The Bertz CT molecular complexity index is 835. The molecule has 0 spiro atoms. The number of carboxylic acid groups (broad SMARTS) is 1. The number of fused-ring (bicyclic) bond motifs is 1. The third kappa shape index (κ3) is 2.07. The van der Waals surface area contributed by atoms with E-state index in [0.717, 1.165) is 24.1 Å². The summed E-state index contributed by atoms with van der Waals surface area (Å²) in [6.45, 7) is 0. The summed E-state index contributed by atoms with van der Waals surface area (Å²) in [7, 11) is 0. The van der Waals surface area contributed by atoms with Gasteiger partial charge in [0, 0.05) is 17.5 Å². The maximum Gasteiger partial charge on any atom is 0.354 e. The highest BCUT2D eigenvalue weighted by Gasteiger charge is 2.27. The van der Waals surface area contributed by atoms with Crippen molar-refractivity contribution in [3.63, 3.8) is 0 Å². The van der Waals surface area contributed by atoms with Gasteiger partial charge in [0.2, 0.25) is 0 Å². The standard InChI is InChI=1S/C16H13N3O2/c20-16(21)14-8-12(10-4-2-1-3-5-10)17-15-9-13(11-6-7-11)18-19(14)15/h1-5,8-9,11H,6-7H2,(H,20,21). The minimum absolute atomic E-state index is 0.144. The number of benzene rings is 1. The van der Waals surface area contributed by atoms with Crippen molar-refractivity contribution in [3.05, 3.63) is 53.9 Å². The lowest BCUT2D eigenvalue weighted by atomic mass is 10.1. The van der Waals surface area contributed by atoms with Crippen LogP contribution in [-0.2, 0) is 0 Å². The average Bonchev–Trinajstić information content (AvgIpc) is 3.26. The zero-order valence-electron chi connectivity index (χ0n) is 11.2. The van der Waals surface area contributed by atoms with E-state index in [-0.39, 0.29) is 5.69 Å². The predicted octanol–water partition coefficient (Wildman–Crippen LogP) is 2.97. The largest absolute Gasteiger partial charge is 0.477 e. The zero-order chi connectivity index (χ0) is 14.4. The highest BCUT2D eigenvalue weighted by atomic mass is 16.4. The smallest absolute Gasteiger partial charge is 0.354 e. The molecule has 0 amide bonds.